The molecule has 7 heteroatoms. The standard InChI is InChI=1S/C28H36N2O5/c1-19(12-13-25(31)29-17-15-28(2,3)26(32)33)14-16-30-27(34)35-18-24-22-10-6-4-8-20(22)21-9-5-7-11-23(21)24/h4-11,19,24H,12-18H2,1-3H3,(H,29,31)(H,30,34)(H,32,33). The quantitative estimate of drug-likeness (QED) is 0.399. The molecule has 1 aliphatic carbocycles. The Morgan fingerprint density at radius 2 is 1.54 bits per heavy atom. The van der Waals surface area contributed by atoms with Crippen LogP contribution >= 0.6 is 0 Å². The molecule has 7 nitrogen and oxygen atoms in total. The number of hydrogen-bond acceptors (Lipinski definition) is 4. The van der Waals surface area contributed by atoms with E-state index in [1.165, 1.54) is 22.3 Å². The SMILES string of the molecule is CC(CCNC(=O)OCC1c2ccccc2-c2ccccc21)CCC(=O)NCCC(C)(C)C(=O)O. The molecule has 1 unspecified atom stereocenters. The summed E-state index contributed by atoms with van der Waals surface area (Å²) in [6, 6.07) is 16.5. The van der Waals surface area contributed by atoms with Crippen LogP contribution in [-0.2, 0) is 14.3 Å². The highest BCUT2D eigenvalue weighted by Gasteiger charge is 2.29. The van der Waals surface area contributed by atoms with E-state index in [-0.39, 0.29) is 24.3 Å². The lowest BCUT2D eigenvalue weighted by atomic mass is 9.89. The third kappa shape index (κ3) is 7.07. The first-order valence-electron chi connectivity index (χ1n) is 12.3. The minimum Gasteiger partial charge on any atom is -0.481 e. The highest BCUT2D eigenvalue weighted by Crippen LogP contribution is 2.44. The first-order valence-corrected chi connectivity index (χ1v) is 12.3. The van der Waals surface area contributed by atoms with E-state index in [1.54, 1.807) is 13.8 Å². The van der Waals surface area contributed by atoms with Gasteiger partial charge in [0.1, 0.15) is 6.61 Å². The number of carboxylic acid groups (broad SMARTS) is 1. The van der Waals surface area contributed by atoms with Crippen LogP contribution in [0, 0.1) is 11.3 Å². The summed E-state index contributed by atoms with van der Waals surface area (Å²) in [5, 5.41) is 14.7. The second-order valence-corrected chi connectivity index (χ2v) is 9.97. The Kier molecular flexibility index (Phi) is 8.90. The Hall–Kier alpha value is -3.35. The molecule has 3 N–H and O–H groups in total. The number of aliphatic carboxylic acids is 1. The number of benzene rings is 2. The van der Waals surface area contributed by atoms with E-state index in [9.17, 15) is 14.4 Å². The first-order chi connectivity index (χ1) is 16.7. The average Bonchev–Trinajstić information content (AvgIpc) is 3.15. The van der Waals surface area contributed by atoms with Gasteiger partial charge in [-0.3, -0.25) is 9.59 Å². The predicted molar refractivity (Wildman–Crippen MR) is 135 cm³/mol. The number of alkyl carbamates (subject to hydrolysis) is 1. The van der Waals surface area contributed by atoms with Gasteiger partial charge in [0.15, 0.2) is 0 Å². The summed E-state index contributed by atoms with van der Waals surface area (Å²) in [4.78, 5) is 35.4. The number of rotatable bonds is 12. The zero-order valence-corrected chi connectivity index (χ0v) is 20.8. The summed E-state index contributed by atoms with van der Waals surface area (Å²) in [6.45, 7) is 6.44. The lowest BCUT2D eigenvalue weighted by Crippen LogP contribution is -2.32. The van der Waals surface area contributed by atoms with Crippen molar-refractivity contribution in [1.29, 1.82) is 0 Å². The van der Waals surface area contributed by atoms with Crippen LogP contribution in [0.1, 0.15) is 63.5 Å². The lowest BCUT2D eigenvalue weighted by Gasteiger charge is -2.19. The van der Waals surface area contributed by atoms with Gasteiger partial charge in [-0.25, -0.2) is 4.79 Å². The van der Waals surface area contributed by atoms with Crippen LogP contribution in [-0.4, -0.2) is 42.8 Å². The molecule has 0 saturated carbocycles. The van der Waals surface area contributed by atoms with Crippen LogP contribution in [0.2, 0.25) is 0 Å². The molecule has 0 saturated heterocycles. The van der Waals surface area contributed by atoms with Crippen LogP contribution in [0.25, 0.3) is 11.1 Å². The average molecular weight is 481 g/mol. The van der Waals surface area contributed by atoms with Crippen molar-refractivity contribution in [2.24, 2.45) is 11.3 Å². The number of carboxylic acids is 1. The third-order valence-electron chi connectivity index (χ3n) is 6.77. The van der Waals surface area contributed by atoms with E-state index in [0.29, 0.717) is 32.4 Å². The molecule has 1 atom stereocenters. The normalized spacial score (nSPS) is 13.5. The number of carbonyl (C=O) groups excluding carboxylic acids is 2. The maximum absolute atomic E-state index is 12.3. The van der Waals surface area contributed by atoms with Crippen molar-refractivity contribution in [3.05, 3.63) is 59.7 Å². The Labute approximate surface area is 207 Å². The Balaban J connectivity index is 1.33. The van der Waals surface area contributed by atoms with E-state index in [0.717, 1.165) is 6.42 Å². The van der Waals surface area contributed by atoms with E-state index in [4.69, 9.17) is 9.84 Å². The summed E-state index contributed by atoms with van der Waals surface area (Å²) < 4.78 is 5.55. The van der Waals surface area contributed by atoms with Crippen molar-refractivity contribution >= 4 is 18.0 Å². The molecular formula is C28H36N2O5. The number of ether oxygens (including phenoxy) is 1. The Bertz CT molecular complexity index is 1000. The Morgan fingerprint density at radius 3 is 2.14 bits per heavy atom. The van der Waals surface area contributed by atoms with Crippen molar-refractivity contribution in [3.8, 4) is 11.1 Å². The van der Waals surface area contributed by atoms with Gasteiger partial charge in [-0.1, -0.05) is 55.5 Å². The molecule has 0 aromatic heterocycles. The number of amides is 2. The summed E-state index contributed by atoms with van der Waals surface area (Å²) >= 11 is 0. The molecule has 0 heterocycles. The van der Waals surface area contributed by atoms with E-state index < -0.39 is 17.5 Å². The number of hydrogen-bond donors (Lipinski definition) is 3. The molecular weight excluding hydrogens is 444 g/mol. The summed E-state index contributed by atoms with van der Waals surface area (Å²) in [7, 11) is 0. The molecule has 3 rings (SSSR count). The summed E-state index contributed by atoms with van der Waals surface area (Å²) in [5.41, 5.74) is 3.90. The van der Waals surface area contributed by atoms with Crippen molar-refractivity contribution in [2.45, 2.75) is 52.4 Å². The van der Waals surface area contributed by atoms with Gasteiger partial charge in [0, 0.05) is 25.4 Å². The van der Waals surface area contributed by atoms with Crippen molar-refractivity contribution in [2.75, 3.05) is 19.7 Å². The Morgan fingerprint density at radius 1 is 0.943 bits per heavy atom. The maximum atomic E-state index is 12.3. The van der Waals surface area contributed by atoms with Gasteiger partial charge in [0.25, 0.3) is 0 Å². The second-order valence-electron chi connectivity index (χ2n) is 9.97. The molecule has 35 heavy (non-hydrogen) atoms. The number of nitrogens with one attached hydrogen (secondary N) is 2. The van der Waals surface area contributed by atoms with Crippen molar-refractivity contribution < 1.29 is 24.2 Å². The van der Waals surface area contributed by atoms with E-state index in [2.05, 4.69) is 34.9 Å². The summed E-state index contributed by atoms with van der Waals surface area (Å²) in [6.07, 6.45) is 1.76. The number of carbonyl (C=O) groups is 3. The highest BCUT2D eigenvalue weighted by atomic mass is 16.5. The molecule has 188 valence electrons. The predicted octanol–water partition coefficient (Wildman–Crippen LogP) is 4.95. The molecule has 2 amide bonds. The molecule has 0 spiro atoms. The fourth-order valence-corrected chi connectivity index (χ4v) is 4.30. The van der Waals surface area contributed by atoms with Crippen molar-refractivity contribution in [1.82, 2.24) is 10.6 Å². The fraction of sp³-hybridized carbons (Fsp3) is 0.464. The van der Waals surface area contributed by atoms with Crippen LogP contribution in [0.5, 0.6) is 0 Å². The third-order valence-corrected chi connectivity index (χ3v) is 6.77. The first kappa shape index (κ1) is 26.3. The van der Waals surface area contributed by atoms with Gasteiger partial charge in [0.05, 0.1) is 5.41 Å². The lowest BCUT2D eigenvalue weighted by molar-refractivity contribution is -0.147. The molecule has 2 aromatic carbocycles. The fourth-order valence-electron chi connectivity index (χ4n) is 4.30. The van der Waals surface area contributed by atoms with Gasteiger partial charge in [-0.05, 0) is 61.3 Å². The maximum Gasteiger partial charge on any atom is 0.407 e. The van der Waals surface area contributed by atoms with E-state index in [1.807, 2.05) is 31.2 Å². The largest absolute Gasteiger partial charge is 0.481 e. The van der Waals surface area contributed by atoms with Gasteiger partial charge in [-0.15, -0.1) is 0 Å². The topological polar surface area (TPSA) is 105 Å². The highest BCUT2D eigenvalue weighted by molar-refractivity contribution is 5.79. The zero-order valence-electron chi connectivity index (χ0n) is 20.8. The monoisotopic (exact) mass is 480 g/mol. The summed E-state index contributed by atoms with van der Waals surface area (Å²) in [5.74, 6) is -0.663. The van der Waals surface area contributed by atoms with Gasteiger partial charge in [-0.2, -0.15) is 0 Å². The smallest absolute Gasteiger partial charge is 0.407 e. The minimum atomic E-state index is -0.871. The van der Waals surface area contributed by atoms with Crippen LogP contribution in [0.4, 0.5) is 4.79 Å². The van der Waals surface area contributed by atoms with E-state index >= 15 is 0 Å². The van der Waals surface area contributed by atoms with Gasteiger partial charge < -0.3 is 20.5 Å². The second kappa shape index (κ2) is 11.9. The molecule has 1 aliphatic rings. The number of fused-ring (bicyclic) bond motifs is 3. The molecule has 0 aliphatic heterocycles. The minimum absolute atomic E-state index is 0.0339. The molecule has 0 radical (unpaired) electrons. The van der Waals surface area contributed by atoms with Crippen LogP contribution in [0.3, 0.4) is 0 Å². The van der Waals surface area contributed by atoms with Crippen LogP contribution < -0.4 is 10.6 Å². The van der Waals surface area contributed by atoms with Gasteiger partial charge >= 0.3 is 12.1 Å². The molecule has 2 aromatic rings. The van der Waals surface area contributed by atoms with Crippen LogP contribution in [0.15, 0.2) is 48.5 Å². The molecule has 0 fully saturated rings. The van der Waals surface area contributed by atoms with Gasteiger partial charge in [0.2, 0.25) is 5.91 Å². The zero-order chi connectivity index (χ0) is 25.4. The van der Waals surface area contributed by atoms with Crippen molar-refractivity contribution in [3.63, 3.8) is 0 Å². The molecule has 0 bridgehead atoms.